The summed E-state index contributed by atoms with van der Waals surface area (Å²) in [6.45, 7) is 2.00. The van der Waals surface area contributed by atoms with Crippen LogP contribution < -0.4 is 9.47 Å². The molecule has 16 heavy (non-hydrogen) atoms. The van der Waals surface area contributed by atoms with Crippen LogP contribution in [0.4, 0.5) is 0 Å². The van der Waals surface area contributed by atoms with E-state index in [-0.39, 0.29) is 12.4 Å². The van der Waals surface area contributed by atoms with E-state index in [1.165, 1.54) is 12.5 Å². The first-order valence-corrected chi connectivity index (χ1v) is 5.26. The predicted octanol–water partition coefficient (Wildman–Crippen LogP) is 2.79. The van der Waals surface area contributed by atoms with Gasteiger partial charge in [-0.05, 0) is 37.3 Å². The highest BCUT2D eigenvalue weighted by Crippen LogP contribution is 2.17. The molecule has 0 spiro atoms. The van der Waals surface area contributed by atoms with Crippen LogP contribution in [0.5, 0.6) is 11.5 Å². The molecule has 1 aromatic rings. The van der Waals surface area contributed by atoms with Gasteiger partial charge < -0.3 is 9.47 Å². The fourth-order valence-electron chi connectivity index (χ4n) is 0.998. The van der Waals surface area contributed by atoms with Crippen molar-refractivity contribution in [2.45, 2.75) is 6.92 Å². The van der Waals surface area contributed by atoms with E-state index >= 15 is 0 Å². The van der Waals surface area contributed by atoms with Gasteiger partial charge in [-0.3, -0.25) is 4.79 Å². The van der Waals surface area contributed by atoms with E-state index in [0.717, 1.165) is 5.75 Å². The molecule has 0 heterocycles. The lowest BCUT2D eigenvalue weighted by atomic mass is 10.3. The van der Waals surface area contributed by atoms with Gasteiger partial charge in [0, 0.05) is 5.54 Å². The fourth-order valence-corrected chi connectivity index (χ4v) is 1.07. The van der Waals surface area contributed by atoms with Crippen LogP contribution in [0, 0.1) is 0 Å². The lowest BCUT2D eigenvalue weighted by Gasteiger charge is -2.06. The molecule has 0 aliphatic rings. The number of hydrogen-bond acceptors (Lipinski definition) is 3. The Morgan fingerprint density at radius 1 is 1.25 bits per heavy atom. The molecule has 0 saturated carbocycles. The third kappa shape index (κ3) is 4.84. The van der Waals surface area contributed by atoms with Gasteiger partial charge in [0.25, 0.3) is 0 Å². The molecule has 0 aliphatic heterocycles. The maximum absolute atomic E-state index is 10.7. The second-order valence-corrected chi connectivity index (χ2v) is 3.39. The van der Waals surface area contributed by atoms with Crippen LogP contribution >= 0.6 is 11.6 Å². The number of benzene rings is 1. The Hall–Kier alpha value is -1.48. The third-order valence-corrected chi connectivity index (χ3v) is 1.88. The molecule has 0 atom stereocenters. The zero-order valence-corrected chi connectivity index (χ0v) is 9.74. The van der Waals surface area contributed by atoms with Gasteiger partial charge in [0.1, 0.15) is 24.7 Å². The second-order valence-electron chi connectivity index (χ2n) is 3.13. The summed E-state index contributed by atoms with van der Waals surface area (Å²) in [6, 6.07) is 7.06. The topological polar surface area (TPSA) is 35.5 Å². The molecule has 0 fully saturated rings. The minimum absolute atomic E-state index is 0.00687. The summed E-state index contributed by atoms with van der Waals surface area (Å²) in [5.41, 5.74) is 1.41. The smallest absolute Gasteiger partial charge is 0.167 e. The van der Waals surface area contributed by atoms with E-state index in [9.17, 15) is 4.79 Å². The first-order valence-electron chi connectivity index (χ1n) is 4.82. The van der Waals surface area contributed by atoms with Gasteiger partial charge in [-0.15, -0.1) is 0 Å². The Morgan fingerprint density at radius 3 is 2.31 bits per heavy atom. The number of ether oxygens (including phenoxy) is 2. The Balaban J connectivity index is 2.44. The number of carbonyl (C=O) groups is 1. The quantitative estimate of drug-likeness (QED) is 0.767. The van der Waals surface area contributed by atoms with E-state index in [2.05, 4.69) is 0 Å². The van der Waals surface area contributed by atoms with Crippen molar-refractivity contribution in [2.75, 3.05) is 13.2 Å². The van der Waals surface area contributed by atoms with Crippen molar-refractivity contribution in [3.63, 3.8) is 0 Å². The van der Waals surface area contributed by atoms with Gasteiger partial charge in [0.05, 0.1) is 0 Å². The zero-order chi connectivity index (χ0) is 11.8. The van der Waals surface area contributed by atoms with Crippen LogP contribution in [0.1, 0.15) is 6.92 Å². The van der Waals surface area contributed by atoms with E-state index in [0.29, 0.717) is 12.4 Å². The lowest BCUT2D eigenvalue weighted by Crippen LogP contribution is -2.06. The summed E-state index contributed by atoms with van der Waals surface area (Å²) in [6.07, 6.45) is 1.70. The zero-order valence-electron chi connectivity index (χ0n) is 8.98. The molecule has 0 aromatic heterocycles. The highest BCUT2D eigenvalue weighted by atomic mass is 35.5. The highest BCUT2D eigenvalue weighted by molar-refractivity contribution is 6.25. The molecule has 0 unspecified atom stereocenters. The highest BCUT2D eigenvalue weighted by Gasteiger charge is 1.97. The van der Waals surface area contributed by atoms with Gasteiger partial charge in [-0.2, -0.15) is 0 Å². The van der Waals surface area contributed by atoms with E-state index in [1.54, 1.807) is 30.3 Å². The number of Topliss-reactive ketones (excluding diaryl/α,β-unsaturated/α-hetero) is 1. The average molecular weight is 241 g/mol. The van der Waals surface area contributed by atoms with Crippen LogP contribution in [0.25, 0.3) is 0 Å². The fraction of sp³-hybridized carbons (Fsp3) is 0.250. The Kier molecular flexibility index (Phi) is 5.43. The van der Waals surface area contributed by atoms with Crippen molar-refractivity contribution in [1.82, 2.24) is 0 Å². The summed E-state index contributed by atoms with van der Waals surface area (Å²) in [7, 11) is 0. The molecule has 0 bridgehead atoms. The van der Waals surface area contributed by atoms with Crippen LogP contribution in [-0.4, -0.2) is 19.0 Å². The Bertz CT molecular complexity index is 357. The normalized spacial score (nSPS) is 10.4. The third-order valence-electron chi connectivity index (χ3n) is 1.70. The molecule has 0 amide bonds. The summed E-state index contributed by atoms with van der Waals surface area (Å²) in [5.74, 6) is 1.37. The van der Waals surface area contributed by atoms with E-state index in [1.807, 2.05) is 0 Å². The van der Waals surface area contributed by atoms with Crippen molar-refractivity contribution in [3.05, 3.63) is 35.9 Å². The number of ketones is 1. The van der Waals surface area contributed by atoms with Gasteiger partial charge >= 0.3 is 0 Å². The molecule has 0 N–H and O–H groups in total. The molecular formula is C12H13ClO3. The molecule has 3 nitrogen and oxygen atoms in total. The largest absolute Gasteiger partial charge is 0.489 e. The average Bonchev–Trinajstić information content (AvgIpc) is 2.28. The summed E-state index contributed by atoms with van der Waals surface area (Å²) < 4.78 is 10.5. The number of halogens is 1. The van der Waals surface area contributed by atoms with Gasteiger partial charge in [-0.1, -0.05) is 11.6 Å². The Labute approximate surface area is 99.6 Å². The molecular weight excluding hydrogens is 228 g/mol. The maximum Gasteiger partial charge on any atom is 0.167 e. The van der Waals surface area contributed by atoms with Crippen LogP contribution in [-0.2, 0) is 4.79 Å². The molecule has 1 rings (SSSR count). The van der Waals surface area contributed by atoms with Crippen LogP contribution in [0.2, 0.25) is 0 Å². The van der Waals surface area contributed by atoms with Crippen molar-refractivity contribution in [1.29, 1.82) is 0 Å². The van der Waals surface area contributed by atoms with Gasteiger partial charge in [0.15, 0.2) is 5.78 Å². The van der Waals surface area contributed by atoms with Gasteiger partial charge in [-0.25, -0.2) is 0 Å². The van der Waals surface area contributed by atoms with E-state index in [4.69, 9.17) is 21.1 Å². The SMILES string of the molecule is CC(=O)COc1ccc(OCC=CCl)cc1. The summed E-state index contributed by atoms with van der Waals surface area (Å²) in [5, 5.41) is 0. The predicted molar refractivity (Wildman–Crippen MR) is 63.1 cm³/mol. The van der Waals surface area contributed by atoms with Crippen LogP contribution in [0.3, 0.4) is 0 Å². The molecule has 86 valence electrons. The van der Waals surface area contributed by atoms with E-state index < -0.39 is 0 Å². The maximum atomic E-state index is 10.7. The Morgan fingerprint density at radius 2 is 1.81 bits per heavy atom. The monoisotopic (exact) mass is 240 g/mol. The second kappa shape index (κ2) is 6.90. The van der Waals surface area contributed by atoms with Gasteiger partial charge in [0.2, 0.25) is 0 Å². The first kappa shape index (κ1) is 12.6. The first-order chi connectivity index (χ1) is 7.72. The van der Waals surface area contributed by atoms with Crippen molar-refractivity contribution in [2.24, 2.45) is 0 Å². The summed E-state index contributed by atoms with van der Waals surface area (Å²) in [4.78, 5) is 10.7. The lowest BCUT2D eigenvalue weighted by molar-refractivity contribution is -0.118. The molecule has 1 aromatic carbocycles. The summed E-state index contributed by atoms with van der Waals surface area (Å²) >= 11 is 5.35. The van der Waals surface area contributed by atoms with Crippen LogP contribution in [0.15, 0.2) is 35.9 Å². The van der Waals surface area contributed by atoms with Crippen molar-refractivity contribution >= 4 is 17.4 Å². The minimum Gasteiger partial charge on any atom is -0.489 e. The van der Waals surface area contributed by atoms with Crippen molar-refractivity contribution < 1.29 is 14.3 Å². The molecule has 0 radical (unpaired) electrons. The molecule has 4 heteroatoms. The number of rotatable bonds is 6. The standard InChI is InChI=1S/C12H13ClO3/c1-10(14)9-16-12-5-3-11(4-6-12)15-8-2-7-13/h2-7H,8-9H2,1H3. The van der Waals surface area contributed by atoms with Crippen molar-refractivity contribution in [3.8, 4) is 11.5 Å². The minimum atomic E-state index is -0.00687. The molecule has 0 saturated heterocycles. The molecule has 0 aliphatic carbocycles. The number of carbonyl (C=O) groups excluding carboxylic acids is 1. The number of hydrogen-bond donors (Lipinski definition) is 0.